The van der Waals surface area contributed by atoms with E-state index >= 15 is 0 Å². The molecule has 0 radical (unpaired) electrons. The molecule has 0 saturated carbocycles. The topological polar surface area (TPSA) is 65.4 Å². The molecule has 0 unspecified atom stereocenters. The van der Waals surface area contributed by atoms with E-state index in [4.69, 9.17) is 9.47 Å². The Morgan fingerprint density at radius 1 is 1.27 bits per heavy atom. The van der Waals surface area contributed by atoms with Crippen LogP contribution < -0.4 is 14.8 Å². The predicted octanol–water partition coefficient (Wildman–Crippen LogP) is 2.32. The number of rotatable bonds is 6. The van der Waals surface area contributed by atoms with Gasteiger partial charge in [-0.15, -0.1) is 0 Å². The Hall–Kier alpha value is -2.50. The highest BCUT2D eigenvalue weighted by atomic mass is 16.5. The lowest BCUT2D eigenvalue weighted by Crippen LogP contribution is -2.13. The van der Waals surface area contributed by atoms with Crippen molar-refractivity contribution in [3.63, 3.8) is 0 Å². The number of nitrogens with zero attached hydrogens (tertiary/aromatic N) is 2. The second-order valence-electron chi connectivity index (χ2n) is 5.00. The van der Waals surface area contributed by atoms with Gasteiger partial charge in [-0.2, -0.15) is 5.10 Å². The second kappa shape index (κ2) is 6.98. The Balaban J connectivity index is 1.95. The van der Waals surface area contributed by atoms with Gasteiger partial charge in [-0.3, -0.25) is 9.48 Å². The zero-order chi connectivity index (χ0) is 16.1. The molecule has 0 aliphatic heterocycles. The number of hydrogen-bond acceptors (Lipinski definition) is 4. The molecule has 1 N–H and O–H groups in total. The Bertz CT molecular complexity index is 665. The number of methoxy groups -OCH3 is 2. The molecule has 1 heterocycles. The Morgan fingerprint density at radius 3 is 2.59 bits per heavy atom. The van der Waals surface area contributed by atoms with Gasteiger partial charge in [-0.25, -0.2) is 0 Å². The summed E-state index contributed by atoms with van der Waals surface area (Å²) in [7, 11) is 5.04. The molecule has 0 aliphatic rings. The molecule has 0 spiro atoms. The lowest BCUT2D eigenvalue weighted by atomic mass is 10.1. The minimum absolute atomic E-state index is 0.0362. The van der Waals surface area contributed by atoms with E-state index in [0.717, 1.165) is 16.9 Å². The van der Waals surface area contributed by atoms with Gasteiger partial charge in [0.25, 0.3) is 0 Å². The molecule has 0 bridgehead atoms. The second-order valence-corrected chi connectivity index (χ2v) is 5.00. The van der Waals surface area contributed by atoms with Crippen LogP contribution in [0.5, 0.6) is 11.5 Å². The van der Waals surface area contributed by atoms with Gasteiger partial charge < -0.3 is 14.8 Å². The first-order valence-corrected chi connectivity index (χ1v) is 7.04. The molecule has 6 heteroatoms. The van der Waals surface area contributed by atoms with Gasteiger partial charge >= 0.3 is 0 Å². The van der Waals surface area contributed by atoms with Gasteiger partial charge in [0.2, 0.25) is 5.91 Å². The van der Waals surface area contributed by atoms with Gasteiger partial charge in [0, 0.05) is 13.5 Å². The maximum absolute atomic E-state index is 12.0. The number of carbonyl (C=O) groups excluding carboxylic acids is 1. The van der Waals surface area contributed by atoms with E-state index in [1.807, 2.05) is 32.2 Å². The lowest BCUT2D eigenvalue weighted by Gasteiger charge is -2.09. The van der Waals surface area contributed by atoms with Crippen LogP contribution in [0.3, 0.4) is 0 Å². The number of benzene rings is 1. The average Bonchev–Trinajstić information content (AvgIpc) is 2.84. The van der Waals surface area contributed by atoms with E-state index in [1.54, 1.807) is 25.1 Å². The monoisotopic (exact) mass is 303 g/mol. The molecule has 118 valence electrons. The fraction of sp³-hybridized carbons (Fsp3) is 0.375. The highest BCUT2D eigenvalue weighted by Gasteiger charge is 2.09. The lowest BCUT2D eigenvalue weighted by molar-refractivity contribution is -0.116. The summed E-state index contributed by atoms with van der Waals surface area (Å²) >= 11 is 0. The normalized spacial score (nSPS) is 10.4. The first-order chi connectivity index (χ1) is 10.5. The van der Waals surface area contributed by atoms with Gasteiger partial charge in [-0.1, -0.05) is 6.07 Å². The SMILES string of the molecule is COc1ccc(CCC(=O)Nc2cnn(C)c2C)cc1OC. The van der Waals surface area contributed by atoms with Crippen LogP contribution in [0.15, 0.2) is 24.4 Å². The molecule has 2 rings (SSSR count). The molecule has 0 fully saturated rings. The Morgan fingerprint density at radius 2 is 2.00 bits per heavy atom. The van der Waals surface area contributed by atoms with Crippen LogP contribution in [0.2, 0.25) is 0 Å². The molecule has 22 heavy (non-hydrogen) atoms. The number of carbonyl (C=O) groups is 1. The number of nitrogens with one attached hydrogen (secondary N) is 1. The van der Waals surface area contributed by atoms with Crippen molar-refractivity contribution in [1.29, 1.82) is 0 Å². The number of amides is 1. The van der Waals surface area contributed by atoms with Gasteiger partial charge in [0.05, 0.1) is 31.8 Å². The van der Waals surface area contributed by atoms with E-state index < -0.39 is 0 Å². The van der Waals surface area contributed by atoms with Crippen molar-refractivity contribution in [2.75, 3.05) is 19.5 Å². The summed E-state index contributed by atoms with van der Waals surface area (Å²) in [6.45, 7) is 1.91. The third kappa shape index (κ3) is 3.58. The standard InChI is InChI=1S/C16H21N3O3/c1-11-13(10-17-19(11)2)18-16(20)8-6-12-5-7-14(21-3)15(9-12)22-4/h5,7,9-10H,6,8H2,1-4H3,(H,18,20). The molecular formula is C16H21N3O3. The molecule has 2 aromatic rings. The fourth-order valence-electron chi connectivity index (χ4n) is 2.13. The highest BCUT2D eigenvalue weighted by molar-refractivity contribution is 5.91. The van der Waals surface area contributed by atoms with Crippen molar-refractivity contribution in [1.82, 2.24) is 9.78 Å². The number of hydrogen-bond donors (Lipinski definition) is 1. The van der Waals surface area contributed by atoms with Crippen LogP contribution >= 0.6 is 0 Å². The predicted molar refractivity (Wildman–Crippen MR) is 84.4 cm³/mol. The molecule has 6 nitrogen and oxygen atoms in total. The van der Waals surface area contributed by atoms with E-state index in [1.165, 1.54) is 0 Å². The molecule has 0 atom stereocenters. The van der Waals surface area contributed by atoms with Crippen LogP contribution in [0, 0.1) is 6.92 Å². The molecule has 1 aromatic carbocycles. The number of anilines is 1. The van der Waals surface area contributed by atoms with Crippen LogP contribution in [0.25, 0.3) is 0 Å². The molecular weight excluding hydrogens is 282 g/mol. The maximum atomic E-state index is 12.0. The smallest absolute Gasteiger partial charge is 0.224 e. The first-order valence-electron chi connectivity index (χ1n) is 7.04. The summed E-state index contributed by atoms with van der Waals surface area (Å²) in [5, 5.41) is 6.98. The Labute approximate surface area is 130 Å². The van der Waals surface area contributed by atoms with Crippen LogP contribution in [-0.4, -0.2) is 29.9 Å². The van der Waals surface area contributed by atoms with E-state index in [0.29, 0.717) is 24.3 Å². The summed E-state index contributed by atoms with van der Waals surface area (Å²) < 4.78 is 12.2. The average molecular weight is 303 g/mol. The molecule has 1 aromatic heterocycles. The first kappa shape index (κ1) is 15.9. The van der Waals surface area contributed by atoms with E-state index in [-0.39, 0.29) is 5.91 Å². The summed E-state index contributed by atoms with van der Waals surface area (Å²) in [5.41, 5.74) is 2.70. The third-order valence-electron chi connectivity index (χ3n) is 3.60. The van der Waals surface area contributed by atoms with Gasteiger partial charge in [0.1, 0.15) is 0 Å². The number of aryl methyl sites for hydroxylation is 2. The summed E-state index contributed by atoms with van der Waals surface area (Å²) in [6.07, 6.45) is 2.68. The molecule has 0 aliphatic carbocycles. The maximum Gasteiger partial charge on any atom is 0.224 e. The Kier molecular flexibility index (Phi) is 5.04. The zero-order valence-electron chi connectivity index (χ0n) is 13.3. The number of aromatic nitrogens is 2. The van der Waals surface area contributed by atoms with E-state index in [2.05, 4.69) is 10.4 Å². The zero-order valence-corrected chi connectivity index (χ0v) is 13.3. The van der Waals surface area contributed by atoms with Crippen molar-refractivity contribution < 1.29 is 14.3 Å². The summed E-state index contributed by atoms with van der Waals surface area (Å²) in [4.78, 5) is 12.0. The highest BCUT2D eigenvalue weighted by Crippen LogP contribution is 2.28. The largest absolute Gasteiger partial charge is 0.493 e. The van der Waals surface area contributed by atoms with Crippen LogP contribution in [0.4, 0.5) is 5.69 Å². The van der Waals surface area contributed by atoms with Gasteiger partial charge in [-0.05, 0) is 31.0 Å². The van der Waals surface area contributed by atoms with E-state index in [9.17, 15) is 4.79 Å². The minimum Gasteiger partial charge on any atom is -0.493 e. The molecule has 1 amide bonds. The van der Waals surface area contributed by atoms with Crippen molar-refractivity contribution in [2.45, 2.75) is 19.8 Å². The fourth-order valence-corrected chi connectivity index (χ4v) is 2.13. The van der Waals surface area contributed by atoms with Crippen molar-refractivity contribution in [3.05, 3.63) is 35.7 Å². The van der Waals surface area contributed by atoms with Gasteiger partial charge in [0.15, 0.2) is 11.5 Å². The van der Waals surface area contributed by atoms with Crippen molar-refractivity contribution in [3.8, 4) is 11.5 Å². The molecule has 0 saturated heterocycles. The third-order valence-corrected chi connectivity index (χ3v) is 3.60. The summed E-state index contributed by atoms with van der Waals surface area (Å²) in [6, 6.07) is 5.67. The number of ether oxygens (including phenoxy) is 2. The quantitative estimate of drug-likeness (QED) is 0.889. The van der Waals surface area contributed by atoms with Crippen molar-refractivity contribution >= 4 is 11.6 Å². The van der Waals surface area contributed by atoms with Crippen LogP contribution in [0.1, 0.15) is 17.7 Å². The summed E-state index contributed by atoms with van der Waals surface area (Å²) in [5.74, 6) is 1.32. The minimum atomic E-state index is -0.0362. The van der Waals surface area contributed by atoms with Crippen molar-refractivity contribution in [2.24, 2.45) is 7.05 Å². The van der Waals surface area contributed by atoms with Crippen LogP contribution in [-0.2, 0) is 18.3 Å².